The molecule has 0 spiro atoms. The molecule has 0 amide bonds. The second-order valence-electron chi connectivity index (χ2n) is 9.04. The molecule has 1 aliphatic carbocycles. The van der Waals surface area contributed by atoms with Crippen LogP contribution in [0.5, 0.6) is 0 Å². The number of nitrogens with one attached hydrogen (secondary N) is 2. The molecule has 0 atom stereocenters. The number of aromatic nitrogens is 2. The third-order valence-electron chi connectivity index (χ3n) is 6.38. The highest BCUT2D eigenvalue weighted by molar-refractivity contribution is 6.31. The molecule has 0 saturated heterocycles. The van der Waals surface area contributed by atoms with Gasteiger partial charge in [0.15, 0.2) is 0 Å². The normalized spacial score (nSPS) is 18.6. The third kappa shape index (κ3) is 5.90. The number of fused-ring (bicyclic) bond motifs is 1. The molecule has 170 valence electrons. The van der Waals surface area contributed by atoms with Crippen LogP contribution >= 0.6 is 11.6 Å². The fourth-order valence-corrected chi connectivity index (χ4v) is 4.80. The molecule has 0 unspecified atom stereocenters. The Bertz CT molecular complexity index is 1010. The number of halogens is 1. The van der Waals surface area contributed by atoms with Crippen LogP contribution in [0, 0.1) is 5.92 Å². The first kappa shape index (κ1) is 22.8. The summed E-state index contributed by atoms with van der Waals surface area (Å²) in [6.07, 6.45) is 6.96. The molecular formula is C26H34ClN5. The van der Waals surface area contributed by atoms with Crippen LogP contribution < -0.4 is 15.5 Å². The van der Waals surface area contributed by atoms with E-state index >= 15 is 0 Å². The van der Waals surface area contributed by atoms with Gasteiger partial charge in [-0.1, -0.05) is 41.9 Å². The van der Waals surface area contributed by atoms with E-state index in [2.05, 4.69) is 39.8 Å². The van der Waals surface area contributed by atoms with Gasteiger partial charge in [-0.05, 0) is 81.3 Å². The molecule has 1 aromatic heterocycles. The van der Waals surface area contributed by atoms with Crippen molar-refractivity contribution in [3.05, 3.63) is 59.1 Å². The number of anilines is 2. The first-order valence-electron chi connectivity index (χ1n) is 11.7. The Morgan fingerprint density at radius 1 is 0.969 bits per heavy atom. The molecule has 3 aromatic rings. The van der Waals surface area contributed by atoms with E-state index in [9.17, 15) is 0 Å². The number of rotatable bonds is 9. The highest BCUT2D eigenvalue weighted by atomic mass is 35.5. The molecule has 4 rings (SSSR count). The first-order valence-corrected chi connectivity index (χ1v) is 12.1. The van der Waals surface area contributed by atoms with E-state index < -0.39 is 0 Å². The molecule has 0 radical (unpaired) electrons. The van der Waals surface area contributed by atoms with Crippen molar-refractivity contribution in [2.24, 2.45) is 5.92 Å². The summed E-state index contributed by atoms with van der Waals surface area (Å²) in [6.45, 7) is 2.15. The standard InChI is InChI=1S/C26H34ClN5/c1-32(2)25-22-10-4-6-12-24(22)30-26(31-25)29-21-15-13-19(14-16-21)18-28-17-7-9-20-8-3-5-11-23(20)27/h3-6,8,10-12,19,21,28H,7,9,13-18H2,1-2H3,(H,29,30,31)/t19-,21+. The lowest BCUT2D eigenvalue weighted by molar-refractivity contribution is 0.324. The Labute approximate surface area is 196 Å². The quantitative estimate of drug-likeness (QED) is 0.418. The maximum Gasteiger partial charge on any atom is 0.225 e. The zero-order valence-electron chi connectivity index (χ0n) is 19.1. The monoisotopic (exact) mass is 451 g/mol. The molecule has 1 saturated carbocycles. The zero-order chi connectivity index (χ0) is 22.3. The Morgan fingerprint density at radius 2 is 1.72 bits per heavy atom. The summed E-state index contributed by atoms with van der Waals surface area (Å²) < 4.78 is 0. The van der Waals surface area contributed by atoms with Crippen LogP contribution in [0.25, 0.3) is 10.9 Å². The highest BCUT2D eigenvalue weighted by Crippen LogP contribution is 2.28. The van der Waals surface area contributed by atoms with Gasteiger partial charge in [-0.15, -0.1) is 0 Å². The van der Waals surface area contributed by atoms with Crippen LogP contribution in [0.15, 0.2) is 48.5 Å². The van der Waals surface area contributed by atoms with E-state index in [1.807, 2.05) is 38.4 Å². The van der Waals surface area contributed by atoms with Gasteiger partial charge in [-0.3, -0.25) is 0 Å². The van der Waals surface area contributed by atoms with E-state index in [1.54, 1.807) is 0 Å². The molecular weight excluding hydrogens is 418 g/mol. The van der Waals surface area contributed by atoms with Crippen LogP contribution in [0.1, 0.15) is 37.7 Å². The molecule has 2 N–H and O–H groups in total. The molecule has 1 heterocycles. The van der Waals surface area contributed by atoms with Crippen molar-refractivity contribution in [3.8, 4) is 0 Å². The Balaban J connectivity index is 1.21. The summed E-state index contributed by atoms with van der Waals surface area (Å²) >= 11 is 6.25. The number of para-hydroxylation sites is 1. The maximum absolute atomic E-state index is 6.25. The zero-order valence-corrected chi connectivity index (χ0v) is 19.9. The van der Waals surface area contributed by atoms with Gasteiger partial charge in [0.1, 0.15) is 5.82 Å². The molecule has 0 bridgehead atoms. The van der Waals surface area contributed by atoms with Crippen LogP contribution in [-0.2, 0) is 6.42 Å². The van der Waals surface area contributed by atoms with Crippen molar-refractivity contribution in [2.75, 3.05) is 37.4 Å². The van der Waals surface area contributed by atoms with E-state index in [0.717, 1.165) is 59.5 Å². The van der Waals surface area contributed by atoms with E-state index in [0.29, 0.717) is 6.04 Å². The second kappa shape index (κ2) is 11.0. The van der Waals surface area contributed by atoms with Gasteiger partial charge in [-0.25, -0.2) is 4.98 Å². The molecule has 0 aliphatic heterocycles. The van der Waals surface area contributed by atoms with Gasteiger partial charge in [0.05, 0.1) is 5.52 Å². The molecule has 5 nitrogen and oxygen atoms in total. The lowest BCUT2D eigenvalue weighted by Crippen LogP contribution is -2.32. The molecule has 32 heavy (non-hydrogen) atoms. The highest BCUT2D eigenvalue weighted by Gasteiger charge is 2.22. The summed E-state index contributed by atoms with van der Waals surface area (Å²) in [5.41, 5.74) is 2.24. The SMILES string of the molecule is CN(C)c1nc(N[C@H]2CC[C@@H](CNCCCc3ccccc3Cl)CC2)nc2ccccc12. The van der Waals surface area contributed by atoms with E-state index in [-0.39, 0.29) is 0 Å². The topological polar surface area (TPSA) is 53.1 Å². The number of nitrogens with zero attached hydrogens (tertiary/aromatic N) is 3. The average molecular weight is 452 g/mol. The molecule has 1 aliphatic rings. The van der Waals surface area contributed by atoms with Crippen molar-refractivity contribution in [1.29, 1.82) is 0 Å². The second-order valence-corrected chi connectivity index (χ2v) is 9.45. The lowest BCUT2D eigenvalue weighted by atomic mass is 9.86. The minimum Gasteiger partial charge on any atom is -0.362 e. The van der Waals surface area contributed by atoms with Gasteiger partial charge < -0.3 is 15.5 Å². The van der Waals surface area contributed by atoms with Gasteiger partial charge in [-0.2, -0.15) is 4.98 Å². The summed E-state index contributed by atoms with van der Waals surface area (Å²) in [7, 11) is 4.07. The average Bonchev–Trinajstić information content (AvgIpc) is 2.80. The van der Waals surface area contributed by atoms with Crippen LogP contribution in [0.4, 0.5) is 11.8 Å². The number of hydrogen-bond acceptors (Lipinski definition) is 5. The Hall–Kier alpha value is -2.37. The largest absolute Gasteiger partial charge is 0.362 e. The van der Waals surface area contributed by atoms with Crippen molar-refractivity contribution in [2.45, 2.75) is 44.6 Å². The van der Waals surface area contributed by atoms with Crippen molar-refractivity contribution >= 4 is 34.3 Å². The summed E-state index contributed by atoms with van der Waals surface area (Å²) in [4.78, 5) is 11.6. The number of benzene rings is 2. The number of hydrogen-bond donors (Lipinski definition) is 2. The predicted octanol–water partition coefficient (Wildman–Crippen LogP) is 5.54. The Morgan fingerprint density at radius 3 is 2.50 bits per heavy atom. The third-order valence-corrected chi connectivity index (χ3v) is 6.75. The minimum absolute atomic E-state index is 0.447. The predicted molar refractivity (Wildman–Crippen MR) is 136 cm³/mol. The minimum atomic E-state index is 0.447. The van der Waals surface area contributed by atoms with Gasteiger partial charge in [0.2, 0.25) is 5.95 Å². The fraction of sp³-hybridized carbons (Fsp3) is 0.462. The van der Waals surface area contributed by atoms with E-state index in [1.165, 1.54) is 31.2 Å². The van der Waals surface area contributed by atoms with Crippen molar-refractivity contribution in [1.82, 2.24) is 15.3 Å². The summed E-state index contributed by atoms with van der Waals surface area (Å²) in [5.74, 6) is 2.46. The lowest BCUT2D eigenvalue weighted by Gasteiger charge is -2.29. The first-order chi connectivity index (χ1) is 15.6. The van der Waals surface area contributed by atoms with Crippen LogP contribution in [0.2, 0.25) is 5.02 Å². The maximum atomic E-state index is 6.25. The molecule has 1 fully saturated rings. The fourth-order valence-electron chi connectivity index (χ4n) is 4.57. The van der Waals surface area contributed by atoms with Crippen LogP contribution in [-0.4, -0.2) is 43.2 Å². The number of aryl methyl sites for hydroxylation is 1. The van der Waals surface area contributed by atoms with Crippen molar-refractivity contribution in [3.63, 3.8) is 0 Å². The molecule has 2 aromatic carbocycles. The smallest absolute Gasteiger partial charge is 0.225 e. The van der Waals surface area contributed by atoms with Gasteiger partial charge >= 0.3 is 0 Å². The van der Waals surface area contributed by atoms with Crippen molar-refractivity contribution < 1.29 is 0 Å². The summed E-state index contributed by atoms with van der Waals surface area (Å²) in [6, 6.07) is 16.8. The Kier molecular flexibility index (Phi) is 7.82. The van der Waals surface area contributed by atoms with Gasteiger partial charge in [0, 0.05) is 30.5 Å². The van der Waals surface area contributed by atoms with E-state index in [4.69, 9.17) is 21.6 Å². The molecule has 6 heteroatoms. The van der Waals surface area contributed by atoms with Gasteiger partial charge in [0.25, 0.3) is 0 Å². The van der Waals surface area contributed by atoms with Crippen LogP contribution in [0.3, 0.4) is 0 Å². The summed E-state index contributed by atoms with van der Waals surface area (Å²) in [5, 5.41) is 9.23.